The molecule has 0 fully saturated rings. The zero-order valence-corrected chi connectivity index (χ0v) is 18.9. The minimum atomic E-state index is -0.590. The molecule has 0 aliphatic rings. The molecule has 0 saturated carbocycles. The van der Waals surface area contributed by atoms with Gasteiger partial charge < -0.3 is 15.0 Å². The van der Waals surface area contributed by atoms with Crippen molar-refractivity contribution in [1.29, 1.82) is 0 Å². The van der Waals surface area contributed by atoms with Crippen molar-refractivity contribution >= 4 is 35.0 Å². The summed E-state index contributed by atoms with van der Waals surface area (Å²) in [6, 6.07) is 13.5. The van der Waals surface area contributed by atoms with Crippen LogP contribution >= 0.6 is 23.2 Å². The highest BCUT2D eigenvalue weighted by Gasteiger charge is 2.28. The number of hydrogen-bond acceptors (Lipinski definition) is 3. The summed E-state index contributed by atoms with van der Waals surface area (Å²) in [4.78, 5) is 27.4. The van der Waals surface area contributed by atoms with E-state index < -0.39 is 6.04 Å². The van der Waals surface area contributed by atoms with Gasteiger partial charge in [0.05, 0.1) is 0 Å². The predicted molar refractivity (Wildman–Crippen MR) is 121 cm³/mol. The van der Waals surface area contributed by atoms with Crippen LogP contribution in [0.3, 0.4) is 0 Å². The van der Waals surface area contributed by atoms with E-state index in [1.165, 1.54) is 0 Å². The summed E-state index contributed by atoms with van der Waals surface area (Å²) in [5.74, 6) is 0.0705. The monoisotopic (exact) mass is 450 g/mol. The average Bonchev–Trinajstić information content (AvgIpc) is 2.73. The summed E-state index contributed by atoms with van der Waals surface area (Å²) in [7, 11) is 0. The van der Waals surface area contributed by atoms with E-state index in [0.717, 1.165) is 18.4 Å². The molecule has 0 bridgehead atoms. The van der Waals surface area contributed by atoms with E-state index in [9.17, 15) is 9.59 Å². The quantitative estimate of drug-likeness (QED) is 0.484. The van der Waals surface area contributed by atoms with Gasteiger partial charge in [0.15, 0.2) is 6.61 Å². The van der Waals surface area contributed by atoms with Crippen LogP contribution in [0.2, 0.25) is 10.0 Å². The maximum absolute atomic E-state index is 13.1. The Morgan fingerprint density at radius 1 is 1.07 bits per heavy atom. The molecule has 1 N–H and O–H groups in total. The molecule has 1 atom stereocenters. The summed E-state index contributed by atoms with van der Waals surface area (Å²) in [5.41, 5.74) is 0.885. The van der Waals surface area contributed by atoms with E-state index in [-0.39, 0.29) is 25.0 Å². The molecule has 0 saturated heterocycles. The Bertz CT molecular complexity index is 827. The van der Waals surface area contributed by atoms with E-state index in [1.54, 1.807) is 41.3 Å². The smallest absolute Gasteiger partial charge is 0.261 e. The van der Waals surface area contributed by atoms with Gasteiger partial charge in [-0.1, -0.05) is 61.7 Å². The number of ether oxygens (including phenoxy) is 1. The molecule has 5 nitrogen and oxygen atoms in total. The number of rotatable bonds is 11. The zero-order chi connectivity index (χ0) is 21.9. The van der Waals surface area contributed by atoms with Crippen LogP contribution in [0.5, 0.6) is 5.75 Å². The van der Waals surface area contributed by atoms with Crippen LogP contribution < -0.4 is 10.1 Å². The third-order valence-corrected chi connectivity index (χ3v) is 5.13. The van der Waals surface area contributed by atoms with Crippen molar-refractivity contribution in [3.8, 4) is 5.75 Å². The highest BCUT2D eigenvalue weighted by molar-refractivity contribution is 6.30. The second kappa shape index (κ2) is 12.5. The number of nitrogens with one attached hydrogen (secondary N) is 1. The van der Waals surface area contributed by atoms with Crippen molar-refractivity contribution in [1.82, 2.24) is 10.2 Å². The predicted octanol–water partition coefficient (Wildman–Crippen LogP) is 5.10. The van der Waals surface area contributed by atoms with E-state index in [1.807, 2.05) is 19.1 Å². The highest BCUT2D eigenvalue weighted by atomic mass is 35.5. The van der Waals surface area contributed by atoms with Gasteiger partial charge in [0.25, 0.3) is 5.91 Å². The fourth-order valence-electron chi connectivity index (χ4n) is 3.00. The Hall–Kier alpha value is -2.24. The number of halogens is 2. The topological polar surface area (TPSA) is 58.6 Å². The maximum atomic E-state index is 13.1. The number of benzene rings is 2. The Balaban J connectivity index is 2.16. The second-order valence-corrected chi connectivity index (χ2v) is 7.84. The van der Waals surface area contributed by atoms with Gasteiger partial charge in [-0.3, -0.25) is 9.59 Å². The number of nitrogens with zero attached hydrogens (tertiary/aromatic N) is 1. The van der Waals surface area contributed by atoms with E-state index in [4.69, 9.17) is 27.9 Å². The molecule has 1 unspecified atom stereocenters. The fourth-order valence-corrected chi connectivity index (χ4v) is 3.30. The third-order valence-electron chi connectivity index (χ3n) is 4.64. The molecule has 0 spiro atoms. The van der Waals surface area contributed by atoms with Crippen molar-refractivity contribution < 1.29 is 14.3 Å². The molecule has 30 heavy (non-hydrogen) atoms. The first-order valence-electron chi connectivity index (χ1n) is 10.1. The summed E-state index contributed by atoms with van der Waals surface area (Å²) in [6.45, 7) is 4.64. The molecule has 7 heteroatoms. The first-order chi connectivity index (χ1) is 14.4. The lowest BCUT2D eigenvalue weighted by Crippen LogP contribution is -2.50. The van der Waals surface area contributed by atoms with Gasteiger partial charge in [0.1, 0.15) is 11.8 Å². The van der Waals surface area contributed by atoms with Crippen molar-refractivity contribution in [3.63, 3.8) is 0 Å². The summed E-state index contributed by atoms with van der Waals surface area (Å²) >= 11 is 12.0. The minimum Gasteiger partial charge on any atom is -0.484 e. The van der Waals surface area contributed by atoms with Crippen molar-refractivity contribution in [3.05, 3.63) is 64.1 Å². The highest BCUT2D eigenvalue weighted by Crippen LogP contribution is 2.19. The Kier molecular flexibility index (Phi) is 9.98. The molecule has 0 aromatic heterocycles. The van der Waals surface area contributed by atoms with E-state index in [0.29, 0.717) is 28.8 Å². The lowest BCUT2D eigenvalue weighted by Gasteiger charge is -2.30. The number of unbranched alkanes of at least 4 members (excludes halogenated alkanes) is 1. The number of carbonyl (C=O) groups is 2. The van der Waals surface area contributed by atoms with Gasteiger partial charge in [-0.25, -0.2) is 0 Å². The Morgan fingerprint density at radius 2 is 1.80 bits per heavy atom. The normalized spacial score (nSPS) is 11.6. The molecule has 2 rings (SSSR count). The van der Waals surface area contributed by atoms with Gasteiger partial charge in [-0.2, -0.15) is 0 Å². The van der Waals surface area contributed by atoms with Crippen molar-refractivity contribution in [2.75, 3.05) is 13.2 Å². The van der Waals surface area contributed by atoms with Crippen LogP contribution in [0.1, 0.15) is 38.7 Å². The largest absolute Gasteiger partial charge is 0.484 e. The molecule has 0 aliphatic heterocycles. The van der Waals surface area contributed by atoms with Crippen LogP contribution in [0, 0.1) is 0 Å². The van der Waals surface area contributed by atoms with Crippen LogP contribution in [0.15, 0.2) is 48.5 Å². The lowest BCUT2D eigenvalue weighted by atomic mass is 10.1. The fraction of sp³-hybridized carbons (Fsp3) is 0.391. The van der Waals surface area contributed by atoms with Gasteiger partial charge in [-0.05, 0) is 48.7 Å². The molecular weight excluding hydrogens is 423 g/mol. The molecule has 2 amide bonds. The number of hydrogen-bond donors (Lipinski definition) is 1. The molecule has 2 aromatic rings. The maximum Gasteiger partial charge on any atom is 0.261 e. The summed E-state index contributed by atoms with van der Waals surface area (Å²) < 4.78 is 5.63. The van der Waals surface area contributed by atoms with Gasteiger partial charge >= 0.3 is 0 Å². The molecular formula is C23H28Cl2N2O3. The van der Waals surface area contributed by atoms with Crippen LogP contribution in [0.25, 0.3) is 0 Å². The first kappa shape index (κ1) is 24.0. The summed E-state index contributed by atoms with van der Waals surface area (Å²) in [5, 5.41) is 4.08. The lowest BCUT2D eigenvalue weighted by molar-refractivity contribution is -0.143. The molecule has 0 heterocycles. The van der Waals surface area contributed by atoms with E-state index >= 15 is 0 Å². The SMILES string of the molecule is CCCCNC(=O)C(CC)N(Cc1ccc(Cl)cc1)C(=O)COc1cccc(Cl)c1. The first-order valence-corrected chi connectivity index (χ1v) is 10.9. The van der Waals surface area contributed by atoms with E-state index in [2.05, 4.69) is 12.2 Å². The second-order valence-electron chi connectivity index (χ2n) is 6.96. The minimum absolute atomic E-state index is 0.156. The number of amides is 2. The van der Waals surface area contributed by atoms with Crippen LogP contribution in [-0.4, -0.2) is 35.9 Å². The molecule has 2 aromatic carbocycles. The standard InChI is InChI=1S/C23H28Cl2N2O3/c1-3-5-13-26-23(29)21(4-2)27(15-17-9-11-18(24)12-10-17)22(28)16-30-20-8-6-7-19(25)14-20/h6-12,14,21H,3-5,13,15-16H2,1-2H3,(H,26,29). The van der Waals surface area contributed by atoms with Crippen molar-refractivity contribution in [2.45, 2.75) is 45.7 Å². The number of carbonyl (C=O) groups excluding carboxylic acids is 2. The third kappa shape index (κ3) is 7.54. The Morgan fingerprint density at radius 3 is 2.43 bits per heavy atom. The molecule has 0 radical (unpaired) electrons. The molecule has 0 aliphatic carbocycles. The zero-order valence-electron chi connectivity index (χ0n) is 17.4. The average molecular weight is 451 g/mol. The van der Waals surface area contributed by atoms with Crippen LogP contribution in [0.4, 0.5) is 0 Å². The van der Waals surface area contributed by atoms with Crippen molar-refractivity contribution in [2.24, 2.45) is 0 Å². The van der Waals surface area contributed by atoms with Gasteiger partial charge in [0, 0.05) is 23.1 Å². The summed E-state index contributed by atoms with van der Waals surface area (Å²) in [6.07, 6.45) is 2.37. The Labute approximate surface area is 188 Å². The van der Waals surface area contributed by atoms with Crippen LogP contribution in [-0.2, 0) is 16.1 Å². The van der Waals surface area contributed by atoms with Gasteiger partial charge in [0.2, 0.25) is 5.91 Å². The van der Waals surface area contributed by atoms with Gasteiger partial charge in [-0.15, -0.1) is 0 Å². The molecule has 162 valence electrons.